The zero-order valence-electron chi connectivity index (χ0n) is 25.8. The summed E-state index contributed by atoms with van der Waals surface area (Å²) in [5.74, 6) is 0.887. The minimum atomic E-state index is -0.443. The van der Waals surface area contributed by atoms with Gasteiger partial charge in [0.05, 0.1) is 10.9 Å². The van der Waals surface area contributed by atoms with Crippen LogP contribution in [0, 0.1) is 0 Å². The van der Waals surface area contributed by atoms with Gasteiger partial charge in [0.1, 0.15) is 0 Å². The largest absolute Gasteiger partial charge is 0.363 e. The standard InChI is InChI=1S/C32H39N9O3/c1-31(2,3)30-35-28(39-44-30)29(43)36-32(14-15-32)21-10-8-20(9-11-21)23-12-16-33-26-25(23)27(38-37-26)34-22-13-18-41(19-22)24(42)7-6-17-40(4)5/h6-12,16,22H,13-15,17-19H2,1-5H3,(H,36,43)(H2,33,34,37,38). The van der Waals surface area contributed by atoms with Gasteiger partial charge in [-0.05, 0) is 56.1 Å². The van der Waals surface area contributed by atoms with Crippen LogP contribution in [0.4, 0.5) is 5.82 Å². The summed E-state index contributed by atoms with van der Waals surface area (Å²) in [4.78, 5) is 38.3. The van der Waals surface area contributed by atoms with Crippen molar-refractivity contribution in [3.63, 3.8) is 0 Å². The molecule has 3 aromatic heterocycles. The molecule has 2 aliphatic rings. The van der Waals surface area contributed by atoms with Crippen molar-refractivity contribution in [2.24, 2.45) is 0 Å². The monoisotopic (exact) mass is 597 g/mol. The number of hydrogen-bond acceptors (Lipinski definition) is 9. The maximum absolute atomic E-state index is 13.0. The molecule has 1 atom stereocenters. The summed E-state index contributed by atoms with van der Waals surface area (Å²) in [6, 6.07) is 10.3. The van der Waals surface area contributed by atoms with Gasteiger partial charge in [-0.2, -0.15) is 10.1 Å². The summed E-state index contributed by atoms with van der Waals surface area (Å²) in [6.07, 6.45) is 7.82. The van der Waals surface area contributed by atoms with Gasteiger partial charge in [0.15, 0.2) is 11.5 Å². The van der Waals surface area contributed by atoms with Gasteiger partial charge in [0.2, 0.25) is 11.8 Å². The molecule has 1 aliphatic carbocycles. The van der Waals surface area contributed by atoms with Crippen molar-refractivity contribution in [1.29, 1.82) is 0 Å². The van der Waals surface area contributed by atoms with E-state index in [2.05, 4.69) is 60.2 Å². The first kappa shape index (κ1) is 29.5. The number of rotatable bonds is 9. The molecule has 1 unspecified atom stereocenters. The molecule has 12 heteroatoms. The lowest BCUT2D eigenvalue weighted by Gasteiger charge is -2.18. The number of aromatic amines is 1. The fraction of sp³-hybridized carbons (Fsp3) is 0.438. The van der Waals surface area contributed by atoms with Gasteiger partial charge in [-0.1, -0.05) is 56.3 Å². The number of pyridine rings is 1. The normalized spacial score (nSPS) is 18.0. The van der Waals surface area contributed by atoms with Crippen LogP contribution in [-0.2, 0) is 15.7 Å². The number of anilines is 1. The molecule has 1 aliphatic heterocycles. The van der Waals surface area contributed by atoms with Crippen LogP contribution in [-0.4, -0.2) is 86.7 Å². The Balaban J connectivity index is 1.16. The van der Waals surface area contributed by atoms with Crippen LogP contribution in [0.3, 0.4) is 0 Å². The Labute approximate surface area is 256 Å². The van der Waals surface area contributed by atoms with Crippen LogP contribution in [0.25, 0.3) is 22.2 Å². The van der Waals surface area contributed by atoms with E-state index in [4.69, 9.17) is 4.52 Å². The average Bonchev–Trinajstić information content (AvgIpc) is 3.36. The van der Waals surface area contributed by atoms with E-state index in [0.717, 1.165) is 53.7 Å². The molecule has 1 saturated carbocycles. The lowest BCUT2D eigenvalue weighted by atomic mass is 9.97. The topological polar surface area (TPSA) is 145 Å². The van der Waals surface area contributed by atoms with E-state index in [1.807, 2.05) is 56.8 Å². The molecule has 4 heterocycles. The van der Waals surface area contributed by atoms with Crippen molar-refractivity contribution in [1.82, 2.24) is 40.4 Å². The number of carbonyl (C=O) groups is 2. The second-order valence-corrected chi connectivity index (χ2v) is 13.0. The third-order valence-electron chi connectivity index (χ3n) is 8.16. The number of H-pyrrole nitrogens is 1. The van der Waals surface area contributed by atoms with E-state index in [1.54, 1.807) is 12.3 Å². The summed E-state index contributed by atoms with van der Waals surface area (Å²) in [5.41, 5.74) is 2.94. The van der Waals surface area contributed by atoms with Crippen molar-refractivity contribution in [2.45, 2.75) is 57.0 Å². The van der Waals surface area contributed by atoms with Crippen LogP contribution < -0.4 is 10.6 Å². The molecule has 4 aromatic rings. The van der Waals surface area contributed by atoms with E-state index in [1.165, 1.54) is 0 Å². The molecule has 2 fully saturated rings. The first-order valence-corrected chi connectivity index (χ1v) is 15.0. The number of carbonyl (C=O) groups excluding carboxylic acids is 2. The summed E-state index contributed by atoms with van der Waals surface area (Å²) in [5, 5.41) is 19.1. The maximum Gasteiger partial charge on any atom is 0.293 e. The van der Waals surface area contributed by atoms with Crippen molar-refractivity contribution in [3.8, 4) is 11.1 Å². The predicted octanol–water partition coefficient (Wildman–Crippen LogP) is 3.86. The van der Waals surface area contributed by atoms with Crippen LogP contribution in [0.1, 0.15) is 62.1 Å². The molecular weight excluding hydrogens is 558 g/mol. The molecule has 3 N–H and O–H groups in total. The number of benzene rings is 1. The molecule has 0 radical (unpaired) electrons. The Kier molecular flexibility index (Phi) is 7.70. The van der Waals surface area contributed by atoms with E-state index in [-0.39, 0.29) is 29.1 Å². The van der Waals surface area contributed by atoms with Crippen molar-refractivity contribution >= 4 is 28.7 Å². The molecule has 44 heavy (non-hydrogen) atoms. The summed E-state index contributed by atoms with van der Waals surface area (Å²) in [7, 11) is 3.95. The second-order valence-electron chi connectivity index (χ2n) is 13.0. The molecule has 6 rings (SSSR count). The Morgan fingerprint density at radius 3 is 2.64 bits per heavy atom. The van der Waals surface area contributed by atoms with Gasteiger partial charge >= 0.3 is 0 Å². The smallest absolute Gasteiger partial charge is 0.293 e. The lowest BCUT2D eigenvalue weighted by molar-refractivity contribution is -0.125. The first-order valence-electron chi connectivity index (χ1n) is 15.0. The highest BCUT2D eigenvalue weighted by Gasteiger charge is 2.46. The molecular formula is C32H39N9O3. The Morgan fingerprint density at radius 2 is 1.95 bits per heavy atom. The molecule has 0 bridgehead atoms. The first-order chi connectivity index (χ1) is 21.0. The Morgan fingerprint density at radius 1 is 1.18 bits per heavy atom. The predicted molar refractivity (Wildman–Crippen MR) is 167 cm³/mol. The number of likely N-dealkylation sites (tertiary alicyclic amines) is 1. The molecule has 1 saturated heterocycles. The van der Waals surface area contributed by atoms with Gasteiger partial charge in [0.25, 0.3) is 11.7 Å². The number of nitrogens with zero attached hydrogens (tertiary/aromatic N) is 6. The van der Waals surface area contributed by atoms with Crippen molar-refractivity contribution in [2.75, 3.05) is 39.0 Å². The number of likely N-dealkylation sites (N-methyl/N-ethyl adjacent to an activating group) is 1. The third-order valence-corrected chi connectivity index (χ3v) is 8.16. The van der Waals surface area contributed by atoms with E-state index in [0.29, 0.717) is 24.6 Å². The highest BCUT2D eigenvalue weighted by atomic mass is 16.5. The number of hydrogen-bond donors (Lipinski definition) is 3. The van der Waals surface area contributed by atoms with Crippen LogP contribution in [0.5, 0.6) is 0 Å². The van der Waals surface area contributed by atoms with Gasteiger partial charge in [-0.25, -0.2) is 4.98 Å². The Hall–Kier alpha value is -4.58. The van der Waals surface area contributed by atoms with Crippen LogP contribution >= 0.6 is 0 Å². The minimum absolute atomic E-state index is 0.0297. The van der Waals surface area contributed by atoms with Crippen LogP contribution in [0.2, 0.25) is 0 Å². The fourth-order valence-electron chi connectivity index (χ4n) is 5.51. The number of aromatic nitrogens is 5. The zero-order valence-corrected chi connectivity index (χ0v) is 25.8. The molecule has 2 amide bonds. The number of nitrogens with one attached hydrogen (secondary N) is 3. The average molecular weight is 598 g/mol. The number of fused-ring (bicyclic) bond motifs is 1. The zero-order chi connectivity index (χ0) is 31.1. The van der Waals surface area contributed by atoms with E-state index >= 15 is 0 Å². The van der Waals surface area contributed by atoms with Gasteiger partial charge in [-0.3, -0.25) is 14.7 Å². The summed E-state index contributed by atoms with van der Waals surface area (Å²) >= 11 is 0. The van der Waals surface area contributed by atoms with Crippen LogP contribution in [0.15, 0.2) is 53.2 Å². The molecule has 230 valence electrons. The van der Waals surface area contributed by atoms with Gasteiger partial charge in [-0.15, -0.1) is 0 Å². The molecule has 12 nitrogen and oxygen atoms in total. The minimum Gasteiger partial charge on any atom is -0.363 e. The van der Waals surface area contributed by atoms with Gasteiger partial charge < -0.3 is 25.0 Å². The summed E-state index contributed by atoms with van der Waals surface area (Å²) < 4.78 is 5.31. The van der Waals surface area contributed by atoms with E-state index < -0.39 is 5.54 Å². The molecule has 0 spiro atoms. The van der Waals surface area contributed by atoms with Crippen molar-refractivity contribution < 1.29 is 14.1 Å². The second kappa shape index (κ2) is 11.5. The number of amides is 2. The highest BCUT2D eigenvalue weighted by Crippen LogP contribution is 2.46. The molecule has 1 aromatic carbocycles. The lowest BCUT2D eigenvalue weighted by Crippen LogP contribution is -2.35. The maximum atomic E-state index is 13.0. The van der Waals surface area contributed by atoms with E-state index in [9.17, 15) is 9.59 Å². The third kappa shape index (κ3) is 6.07. The summed E-state index contributed by atoms with van der Waals surface area (Å²) in [6.45, 7) is 7.92. The quantitative estimate of drug-likeness (QED) is 0.245. The van der Waals surface area contributed by atoms with Gasteiger partial charge in [0, 0.05) is 43.4 Å². The Bertz CT molecular complexity index is 1690. The van der Waals surface area contributed by atoms with Crippen molar-refractivity contribution in [3.05, 3.63) is 66.0 Å². The highest BCUT2D eigenvalue weighted by molar-refractivity contribution is 6.00. The fourth-order valence-corrected chi connectivity index (χ4v) is 5.51. The SMILES string of the molecule is CN(C)CC=CC(=O)N1CCC(Nc2n[nH]c3nccc(-c4ccc(C5(NC(=O)c6noc(C(C)(C)C)n6)CC5)cc4)c23)C1.